The van der Waals surface area contributed by atoms with E-state index in [4.69, 9.17) is 16.1 Å². The highest BCUT2D eigenvalue weighted by atomic mass is 35.5. The maximum absolute atomic E-state index is 13.0. The number of rotatable bonds is 4. The lowest BCUT2D eigenvalue weighted by Crippen LogP contribution is -2.36. The number of pyridine rings is 1. The Hall–Kier alpha value is -3.52. The van der Waals surface area contributed by atoms with E-state index in [1.54, 1.807) is 23.2 Å². The summed E-state index contributed by atoms with van der Waals surface area (Å²) in [6.45, 7) is 0.956. The summed E-state index contributed by atoms with van der Waals surface area (Å²) >= 11 is 6.13. The SMILES string of the molecule is Cn1nc(-c2nc(Cc3ccccc3)no2)c2c1CCN(C(=O)c1cccnc1Cl)C2. The summed E-state index contributed by atoms with van der Waals surface area (Å²) in [5, 5.41) is 8.93. The standard InChI is InChI=1S/C22H19ClN6O2/c1-28-17-9-11-29(22(30)15-8-5-10-24-20(15)23)13-16(17)19(26-28)21-25-18(27-31-21)12-14-6-3-2-4-7-14/h2-8,10H,9,11-13H2,1H3. The number of benzene rings is 1. The van der Waals surface area contributed by atoms with Gasteiger partial charge in [-0.1, -0.05) is 47.1 Å². The second-order valence-corrected chi connectivity index (χ2v) is 7.75. The van der Waals surface area contributed by atoms with Crippen molar-refractivity contribution in [2.24, 2.45) is 7.05 Å². The van der Waals surface area contributed by atoms with E-state index in [1.165, 1.54) is 0 Å². The van der Waals surface area contributed by atoms with Crippen LogP contribution in [0.2, 0.25) is 5.15 Å². The number of nitrogens with zero attached hydrogens (tertiary/aromatic N) is 6. The maximum Gasteiger partial charge on any atom is 0.278 e. The van der Waals surface area contributed by atoms with E-state index in [0.717, 1.165) is 16.8 Å². The fraction of sp³-hybridized carbons (Fsp3) is 0.227. The molecule has 156 valence electrons. The van der Waals surface area contributed by atoms with Crippen LogP contribution >= 0.6 is 11.6 Å². The minimum absolute atomic E-state index is 0.158. The zero-order chi connectivity index (χ0) is 21.4. The van der Waals surface area contributed by atoms with E-state index in [9.17, 15) is 4.79 Å². The predicted molar refractivity (Wildman–Crippen MR) is 113 cm³/mol. The van der Waals surface area contributed by atoms with Gasteiger partial charge >= 0.3 is 0 Å². The van der Waals surface area contributed by atoms with Gasteiger partial charge in [-0.3, -0.25) is 9.48 Å². The summed E-state index contributed by atoms with van der Waals surface area (Å²) < 4.78 is 7.35. The molecule has 3 aromatic heterocycles. The first-order valence-electron chi connectivity index (χ1n) is 9.91. The molecule has 4 aromatic rings. The van der Waals surface area contributed by atoms with Crippen LogP contribution in [0.3, 0.4) is 0 Å². The number of carbonyl (C=O) groups excluding carboxylic acids is 1. The smallest absolute Gasteiger partial charge is 0.278 e. The molecule has 0 aliphatic carbocycles. The van der Waals surface area contributed by atoms with Gasteiger partial charge in [0, 0.05) is 43.9 Å². The van der Waals surface area contributed by atoms with Gasteiger partial charge in [0.1, 0.15) is 5.15 Å². The Morgan fingerprint density at radius 3 is 2.84 bits per heavy atom. The van der Waals surface area contributed by atoms with E-state index < -0.39 is 0 Å². The third kappa shape index (κ3) is 3.70. The Kier molecular flexibility index (Phi) is 4.99. The van der Waals surface area contributed by atoms with Crippen LogP contribution in [-0.4, -0.2) is 42.3 Å². The molecule has 9 heteroatoms. The van der Waals surface area contributed by atoms with Gasteiger partial charge in [0.15, 0.2) is 11.5 Å². The van der Waals surface area contributed by atoms with Gasteiger partial charge in [0.25, 0.3) is 11.8 Å². The molecule has 0 radical (unpaired) electrons. The number of hydrogen-bond acceptors (Lipinski definition) is 6. The highest BCUT2D eigenvalue weighted by molar-refractivity contribution is 6.32. The molecule has 31 heavy (non-hydrogen) atoms. The molecule has 0 N–H and O–H groups in total. The van der Waals surface area contributed by atoms with Crippen molar-refractivity contribution in [1.82, 2.24) is 29.8 Å². The van der Waals surface area contributed by atoms with Crippen LogP contribution in [0.1, 0.15) is 33.0 Å². The molecule has 1 aliphatic heterocycles. The van der Waals surface area contributed by atoms with Crippen molar-refractivity contribution < 1.29 is 9.32 Å². The third-order valence-electron chi connectivity index (χ3n) is 5.39. The van der Waals surface area contributed by atoms with Crippen LogP contribution in [0.5, 0.6) is 0 Å². The summed E-state index contributed by atoms with van der Waals surface area (Å²) in [6, 6.07) is 13.4. The van der Waals surface area contributed by atoms with Crippen LogP contribution in [0.15, 0.2) is 53.2 Å². The molecule has 1 amide bonds. The van der Waals surface area contributed by atoms with Crippen molar-refractivity contribution in [3.05, 3.63) is 82.0 Å². The molecular weight excluding hydrogens is 416 g/mol. The van der Waals surface area contributed by atoms with Gasteiger partial charge in [-0.15, -0.1) is 0 Å². The van der Waals surface area contributed by atoms with Gasteiger partial charge in [-0.2, -0.15) is 10.1 Å². The Bertz CT molecular complexity index is 1250. The Balaban J connectivity index is 1.42. The lowest BCUT2D eigenvalue weighted by atomic mass is 10.0. The van der Waals surface area contributed by atoms with Crippen LogP contribution in [-0.2, 0) is 26.4 Å². The lowest BCUT2D eigenvalue weighted by Gasteiger charge is -2.27. The topological polar surface area (TPSA) is 89.9 Å². The highest BCUT2D eigenvalue weighted by Crippen LogP contribution is 2.30. The number of carbonyl (C=O) groups is 1. The molecule has 1 aliphatic rings. The van der Waals surface area contributed by atoms with Gasteiger partial charge in [0.2, 0.25) is 0 Å². The van der Waals surface area contributed by atoms with Crippen molar-refractivity contribution in [2.75, 3.05) is 6.54 Å². The quantitative estimate of drug-likeness (QED) is 0.458. The molecule has 0 unspecified atom stereocenters. The Labute approximate surface area is 183 Å². The van der Waals surface area contributed by atoms with Crippen molar-refractivity contribution in [1.29, 1.82) is 0 Å². The summed E-state index contributed by atoms with van der Waals surface area (Å²) in [7, 11) is 1.89. The number of aryl methyl sites for hydroxylation is 1. The Morgan fingerprint density at radius 1 is 1.19 bits per heavy atom. The van der Waals surface area contributed by atoms with Crippen LogP contribution in [0.4, 0.5) is 0 Å². The maximum atomic E-state index is 13.0. The second kappa shape index (κ2) is 7.96. The fourth-order valence-electron chi connectivity index (χ4n) is 3.85. The zero-order valence-corrected chi connectivity index (χ0v) is 17.6. The van der Waals surface area contributed by atoms with E-state index >= 15 is 0 Å². The summed E-state index contributed by atoms with van der Waals surface area (Å²) in [6.07, 6.45) is 2.81. The molecular formula is C22H19ClN6O2. The van der Waals surface area contributed by atoms with E-state index in [2.05, 4.69) is 20.2 Å². The number of aromatic nitrogens is 5. The largest absolute Gasteiger partial charge is 0.334 e. The molecule has 8 nitrogen and oxygen atoms in total. The summed E-state index contributed by atoms with van der Waals surface area (Å²) in [5.74, 6) is 0.789. The normalized spacial score (nSPS) is 13.3. The molecule has 0 bridgehead atoms. The number of halogens is 1. The average molecular weight is 435 g/mol. The second-order valence-electron chi connectivity index (χ2n) is 7.39. The fourth-order valence-corrected chi connectivity index (χ4v) is 4.05. The molecule has 0 saturated carbocycles. The molecule has 0 fully saturated rings. The van der Waals surface area contributed by atoms with E-state index in [0.29, 0.717) is 48.9 Å². The summed E-state index contributed by atoms with van der Waals surface area (Å²) in [5.41, 5.74) is 4.07. The van der Waals surface area contributed by atoms with Crippen molar-refractivity contribution in [3.63, 3.8) is 0 Å². The third-order valence-corrected chi connectivity index (χ3v) is 5.70. The Morgan fingerprint density at radius 2 is 2.03 bits per heavy atom. The van der Waals surface area contributed by atoms with E-state index in [-0.39, 0.29) is 11.1 Å². The van der Waals surface area contributed by atoms with Crippen molar-refractivity contribution in [3.8, 4) is 11.6 Å². The van der Waals surface area contributed by atoms with Crippen LogP contribution in [0.25, 0.3) is 11.6 Å². The molecule has 1 aromatic carbocycles. The average Bonchev–Trinajstić information content (AvgIpc) is 3.38. The minimum Gasteiger partial charge on any atom is -0.334 e. The van der Waals surface area contributed by atoms with Crippen molar-refractivity contribution in [2.45, 2.75) is 19.4 Å². The van der Waals surface area contributed by atoms with Crippen LogP contribution < -0.4 is 0 Å². The van der Waals surface area contributed by atoms with Gasteiger partial charge < -0.3 is 9.42 Å². The van der Waals surface area contributed by atoms with Crippen LogP contribution in [0, 0.1) is 0 Å². The molecule has 4 heterocycles. The number of fused-ring (bicyclic) bond motifs is 1. The number of hydrogen-bond donors (Lipinski definition) is 0. The van der Waals surface area contributed by atoms with Gasteiger partial charge in [-0.25, -0.2) is 4.98 Å². The lowest BCUT2D eigenvalue weighted by molar-refractivity contribution is 0.0733. The first-order valence-corrected chi connectivity index (χ1v) is 10.3. The monoisotopic (exact) mass is 434 g/mol. The number of amides is 1. The van der Waals surface area contributed by atoms with E-state index in [1.807, 2.05) is 42.1 Å². The van der Waals surface area contributed by atoms with Gasteiger partial charge in [0.05, 0.1) is 12.1 Å². The molecule has 0 saturated heterocycles. The van der Waals surface area contributed by atoms with Crippen molar-refractivity contribution >= 4 is 17.5 Å². The minimum atomic E-state index is -0.158. The highest BCUT2D eigenvalue weighted by Gasteiger charge is 2.30. The molecule has 0 spiro atoms. The summed E-state index contributed by atoms with van der Waals surface area (Å²) in [4.78, 5) is 23.3. The van der Waals surface area contributed by atoms with Gasteiger partial charge in [-0.05, 0) is 17.7 Å². The predicted octanol–water partition coefficient (Wildman–Crippen LogP) is 3.31. The molecule has 5 rings (SSSR count). The first kappa shape index (κ1) is 19.4. The first-order chi connectivity index (χ1) is 15.1. The molecule has 0 atom stereocenters. The zero-order valence-electron chi connectivity index (χ0n) is 16.8.